The lowest BCUT2D eigenvalue weighted by Crippen LogP contribution is -2.38. The van der Waals surface area contributed by atoms with Gasteiger partial charge in [-0.25, -0.2) is 9.98 Å². The third kappa shape index (κ3) is 5.00. The monoisotopic (exact) mass is 336 g/mol. The average molecular weight is 337 g/mol. The Morgan fingerprint density at radius 2 is 2.09 bits per heavy atom. The Kier molecular flexibility index (Phi) is 6.21. The van der Waals surface area contributed by atoms with Crippen LogP contribution < -0.4 is 10.6 Å². The first kappa shape index (κ1) is 16.8. The minimum Gasteiger partial charge on any atom is -0.357 e. The predicted molar refractivity (Wildman–Crippen MR) is 94.7 cm³/mol. The molecular weight excluding hydrogens is 316 g/mol. The minimum atomic E-state index is 0.146. The molecule has 2 aromatic rings. The zero-order valence-electron chi connectivity index (χ0n) is 13.1. The highest BCUT2D eigenvalue weighted by atomic mass is 35.5. The first-order valence-corrected chi connectivity index (χ1v) is 8.49. The molecule has 0 bridgehead atoms. The molecule has 1 aromatic carbocycles. The van der Waals surface area contributed by atoms with Crippen molar-refractivity contribution in [2.45, 2.75) is 33.4 Å². The van der Waals surface area contributed by atoms with Gasteiger partial charge in [0.25, 0.3) is 0 Å². The van der Waals surface area contributed by atoms with Crippen LogP contribution in [0.4, 0.5) is 0 Å². The number of guanidine groups is 1. The second kappa shape index (κ2) is 8.15. The molecule has 0 amide bonds. The molecule has 4 nitrogen and oxygen atoms in total. The van der Waals surface area contributed by atoms with Crippen LogP contribution in [0.1, 0.15) is 35.3 Å². The van der Waals surface area contributed by atoms with Gasteiger partial charge >= 0.3 is 0 Å². The summed E-state index contributed by atoms with van der Waals surface area (Å²) < 4.78 is 0. The number of hydrogen-bond donors (Lipinski definition) is 2. The second-order valence-corrected chi connectivity index (χ2v) is 6.73. The fourth-order valence-electron chi connectivity index (χ4n) is 1.98. The number of aromatic nitrogens is 1. The molecule has 1 atom stereocenters. The van der Waals surface area contributed by atoms with E-state index in [4.69, 9.17) is 11.6 Å². The fraction of sp³-hybridized carbons (Fsp3) is 0.375. The van der Waals surface area contributed by atoms with Crippen LogP contribution in [0.15, 0.2) is 35.5 Å². The van der Waals surface area contributed by atoms with E-state index < -0.39 is 0 Å². The number of hydrogen-bond acceptors (Lipinski definition) is 3. The fourth-order valence-corrected chi connectivity index (χ4v) is 2.82. The second-order valence-electron chi connectivity index (χ2n) is 4.98. The molecule has 0 aliphatic rings. The average Bonchev–Trinajstić information content (AvgIpc) is 2.91. The lowest BCUT2D eigenvalue weighted by atomic mass is 10.1. The van der Waals surface area contributed by atoms with Crippen LogP contribution >= 0.6 is 22.9 Å². The SMILES string of the molecule is CCNC(=NCc1ncc(C)s1)NC(C)c1ccc(Cl)cc1. The third-order valence-electron chi connectivity index (χ3n) is 3.11. The molecule has 118 valence electrons. The number of benzene rings is 1. The maximum absolute atomic E-state index is 5.93. The molecule has 0 saturated heterocycles. The van der Waals surface area contributed by atoms with Gasteiger partial charge in [-0.1, -0.05) is 23.7 Å². The number of rotatable bonds is 5. The molecule has 1 unspecified atom stereocenters. The highest BCUT2D eigenvalue weighted by molar-refractivity contribution is 7.11. The van der Waals surface area contributed by atoms with Crippen molar-refractivity contribution < 1.29 is 0 Å². The lowest BCUT2D eigenvalue weighted by Gasteiger charge is -2.18. The summed E-state index contributed by atoms with van der Waals surface area (Å²) in [6, 6.07) is 7.99. The van der Waals surface area contributed by atoms with Crippen LogP contribution in [0.3, 0.4) is 0 Å². The molecule has 0 spiro atoms. The number of thiazole rings is 1. The summed E-state index contributed by atoms with van der Waals surface area (Å²) >= 11 is 7.61. The van der Waals surface area contributed by atoms with Gasteiger partial charge in [0.1, 0.15) is 5.01 Å². The summed E-state index contributed by atoms with van der Waals surface area (Å²) in [6.45, 7) is 7.61. The van der Waals surface area contributed by atoms with Crippen molar-refractivity contribution in [1.82, 2.24) is 15.6 Å². The molecule has 6 heteroatoms. The zero-order chi connectivity index (χ0) is 15.9. The molecule has 2 rings (SSSR count). The molecule has 0 fully saturated rings. The van der Waals surface area contributed by atoms with Crippen molar-refractivity contribution in [3.05, 3.63) is 50.9 Å². The molecule has 0 saturated carbocycles. The maximum atomic E-state index is 5.93. The Morgan fingerprint density at radius 1 is 1.36 bits per heavy atom. The van der Waals surface area contributed by atoms with Gasteiger partial charge in [-0.05, 0) is 38.5 Å². The van der Waals surface area contributed by atoms with Gasteiger partial charge in [0.05, 0.1) is 12.6 Å². The number of nitrogens with one attached hydrogen (secondary N) is 2. The molecule has 1 aromatic heterocycles. The molecule has 0 aliphatic heterocycles. The van der Waals surface area contributed by atoms with E-state index in [1.54, 1.807) is 11.3 Å². The first-order valence-electron chi connectivity index (χ1n) is 7.30. The summed E-state index contributed by atoms with van der Waals surface area (Å²) in [7, 11) is 0. The van der Waals surface area contributed by atoms with E-state index >= 15 is 0 Å². The summed E-state index contributed by atoms with van der Waals surface area (Å²) in [5.41, 5.74) is 1.17. The molecule has 0 radical (unpaired) electrons. The normalized spacial score (nSPS) is 13.0. The van der Waals surface area contributed by atoms with Crippen LogP contribution in [0, 0.1) is 6.92 Å². The van der Waals surface area contributed by atoms with Crippen LogP contribution in [-0.4, -0.2) is 17.5 Å². The maximum Gasteiger partial charge on any atom is 0.192 e. The van der Waals surface area contributed by atoms with Crippen LogP contribution in [0.2, 0.25) is 5.02 Å². The van der Waals surface area contributed by atoms with Gasteiger partial charge in [-0.2, -0.15) is 0 Å². The topological polar surface area (TPSA) is 49.3 Å². The highest BCUT2D eigenvalue weighted by Crippen LogP contribution is 2.16. The molecular formula is C16H21ClN4S. The number of nitrogens with zero attached hydrogens (tertiary/aromatic N) is 2. The quantitative estimate of drug-likeness (QED) is 0.642. The molecule has 0 aliphatic carbocycles. The van der Waals surface area contributed by atoms with Gasteiger partial charge in [0.15, 0.2) is 5.96 Å². The van der Waals surface area contributed by atoms with Gasteiger partial charge in [-0.3, -0.25) is 0 Å². The van der Waals surface area contributed by atoms with E-state index in [9.17, 15) is 0 Å². The zero-order valence-corrected chi connectivity index (χ0v) is 14.6. The van der Waals surface area contributed by atoms with Gasteiger partial charge in [0.2, 0.25) is 0 Å². The highest BCUT2D eigenvalue weighted by Gasteiger charge is 2.08. The van der Waals surface area contributed by atoms with Gasteiger partial charge < -0.3 is 10.6 Å². The van der Waals surface area contributed by atoms with Crippen molar-refractivity contribution in [1.29, 1.82) is 0 Å². The summed E-state index contributed by atoms with van der Waals surface area (Å²) in [5, 5.41) is 8.43. The van der Waals surface area contributed by atoms with Crippen LogP contribution in [-0.2, 0) is 6.54 Å². The number of aryl methyl sites for hydroxylation is 1. The summed E-state index contributed by atoms with van der Waals surface area (Å²) in [4.78, 5) is 10.1. The van der Waals surface area contributed by atoms with Crippen molar-refractivity contribution in [3.8, 4) is 0 Å². The Balaban J connectivity index is 2.02. The lowest BCUT2D eigenvalue weighted by molar-refractivity contribution is 0.686. The Labute approximate surface area is 140 Å². The summed E-state index contributed by atoms with van der Waals surface area (Å²) in [5.74, 6) is 0.790. The van der Waals surface area contributed by atoms with E-state index in [0.29, 0.717) is 6.54 Å². The minimum absolute atomic E-state index is 0.146. The Bertz CT molecular complexity index is 621. The van der Waals surface area contributed by atoms with E-state index in [2.05, 4.69) is 41.4 Å². The Morgan fingerprint density at radius 3 is 2.68 bits per heavy atom. The van der Waals surface area contributed by atoms with E-state index in [1.165, 1.54) is 10.4 Å². The molecule has 22 heavy (non-hydrogen) atoms. The van der Waals surface area contributed by atoms with Crippen molar-refractivity contribution in [2.24, 2.45) is 4.99 Å². The summed E-state index contributed by atoms with van der Waals surface area (Å²) in [6.07, 6.45) is 1.88. The van der Waals surface area contributed by atoms with Crippen LogP contribution in [0.5, 0.6) is 0 Å². The standard InChI is InChI=1S/C16H21ClN4S/c1-4-18-16(20-10-15-19-9-11(2)22-15)21-12(3)13-5-7-14(17)8-6-13/h5-9,12H,4,10H2,1-3H3,(H2,18,20,21). The predicted octanol–water partition coefficient (Wildman–Crippen LogP) is 3.92. The third-order valence-corrected chi connectivity index (χ3v) is 4.26. The number of aliphatic imine (C=N–C) groups is 1. The van der Waals surface area contributed by atoms with Gasteiger partial charge in [-0.15, -0.1) is 11.3 Å². The number of halogens is 1. The van der Waals surface area contributed by atoms with Crippen LogP contribution in [0.25, 0.3) is 0 Å². The van der Waals surface area contributed by atoms with E-state index in [0.717, 1.165) is 22.5 Å². The largest absolute Gasteiger partial charge is 0.357 e. The molecule has 2 N–H and O–H groups in total. The van der Waals surface area contributed by atoms with E-state index in [-0.39, 0.29) is 6.04 Å². The van der Waals surface area contributed by atoms with Gasteiger partial charge in [0, 0.05) is 22.6 Å². The smallest absolute Gasteiger partial charge is 0.192 e. The van der Waals surface area contributed by atoms with Crippen molar-refractivity contribution >= 4 is 28.9 Å². The Hall–Kier alpha value is -1.59. The van der Waals surface area contributed by atoms with E-state index in [1.807, 2.05) is 30.5 Å². The first-order chi connectivity index (χ1) is 10.6. The molecule has 1 heterocycles. The van der Waals surface area contributed by atoms with Crippen molar-refractivity contribution in [3.63, 3.8) is 0 Å². The van der Waals surface area contributed by atoms with Crippen molar-refractivity contribution in [2.75, 3.05) is 6.54 Å².